The molecule has 0 radical (unpaired) electrons. The third-order valence-corrected chi connectivity index (χ3v) is 8.98. The van der Waals surface area contributed by atoms with Gasteiger partial charge < -0.3 is 50.7 Å². The van der Waals surface area contributed by atoms with Gasteiger partial charge in [-0.1, -0.05) is 0 Å². The van der Waals surface area contributed by atoms with Crippen molar-refractivity contribution in [1.82, 2.24) is 24.8 Å². The Labute approximate surface area is 218 Å². The number of hydrogen-bond donors (Lipinski definition) is 9. The zero-order valence-electron chi connectivity index (χ0n) is 19.5. The number of fused-ring (bicyclic) bond motifs is 1. The number of ether oxygens (including phenoxy) is 1. The third-order valence-electron chi connectivity index (χ3n) is 5.17. The Kier molecular flexibility index (Phi) is 9.96. The molecule has 0 amide bonds. The van der Waals surface area contributed by atoms with E-state index in [1.54, 1.807) is 0 Å². The monoisotopic (exact) mass is 622 g/mol. The number of nitrogens with one attached hydrogen (secondary N) is 1. The maximum Gasteiger partial charge on any atom is 0.490 e. The minimum Gasteiger partial charge on any atom is -0.480 e. The molecule has 24 heteroatoms. The van der Waals surface area contributed by atoms with Crippen molar-refractivity contribution in [3.05, 3.63) is 12.7 Å². The van der Waals surface area contributed by atoms with E-state index in [0.717, 1.165) is 25.7 Å². The largest absolute Gasteiger partial charge is 0.490 e. The van der Waals surface area contributed by atoms with E-state index in [9.17, 15) is 33.6 Å². The molecule has 4 rings (SSSR count). The first-order valence-corrected chi connectivity index (χ1v) is 15.2. The number of phosphoric acid groups is 3. The molecule has 0 aromatic carbocycles. The summed E-state index contributed by atoms with van der Waals surface area (Å²) in [5.41, 5.74) is 6.00. The molecule has 0 spiro atoms. The highest BCUT2D eigenvalue weighted by molar-refractivity contribution is 7.66. The van der Waals surface area contributed by atoms with Crippen molar-refractivity contribution in [3.8, 4) is 0 Å². The molecule has 2 aromatic rings. The minimum absolute atomic E-state index is 0.0426. The maximum absolute atomic E-state index is 11.8. The molecule has 10 N–H and O–H groups in total. The van der Waals surface area contributed by atoms with E-state index in [1.807, 2.05) is 0 Å². The number of aliphatic carboxylic acids is 1. The average Bonchev–Trinajstić information content (AvgIpc) is 3.52. The molecule has 2 aromatic heterocycles. The van der Waals surface area contributed by atoms with Crippen LogP contribution in [0.5, 0.6) is 0 Å². The Bertz CT molecular complexity index is 1310. The van der Waals surface area contributed by atoms with Crippen LogP contribution >= 0.6 is 23.5 Å². The molecule has 2 unspecified atom stereocenters. The summed E-state index contributed by atoms with van der Waals surface area (Å²) in [6.45, 7) is -0.0981. The topological polar surface area (TPSA) is 328 Å². The van der Waals surface area contributed by atoms with Crippen molar-refractivity contribution in [2.75, 3.05) is 18.9 Å². The summed E-state index contributed by atoms with van der Waals surface area (Å²) in [6, 6.07) is -0.269. The number of carboxylic acids is 1. The lowest BCUT2D eigenvalue weighted by Crippen LogP contribution is -2.33. The number of aromatic nitrogens is 4. The Balaban J connectivity index is 0.000000449. The van der Waals surface area contributed by atoms with Crippen LogP contribution in [0.2, 0.25) is 0 Å². The van der Waals surface area contributed by atoms with Gasteiger partial charge in [0, 0.05) is 0 Å². The lowest BCUT2D eigenvalue weighted by molar-refractivity contribution is -0.139. The summed E-state index contributed by atoms with van der Waals surface area (Å²) in [4.78, 5) is 57.4. The van der Waals surface area contributed by atoms with E-state index in [4.69, 9.17) is 30.3 Å². The number of anilines is 1. The number of aliphatic hydroxyl groups is 2. The van der Waals surface area contributed by atoms with Crippen LogP contribution in [0.25, 0.3) is 11.2 Å². The minimum atomic E-state index is -5.70. The van der Waals surface area contributed by atoms with Gasteiger partial charge in [0.15, 0.2) is 17.7 Å². The van der Waals surface area contributed by atoms with Crippen molar-refractivity contribution in [1.29, 1.82) is 0 Å². The predicted octanol–water partition coefficient (Wildman–Crippen LogP) is -1.81. The standard InChI is InChI=1S/C10H16N5O13P3.C5H9NO2/c11-8-5-9(13-2-12-8)15(3-14-5)10-7(17)6(16)4(26-10)1-25-30(21,22)28-31(23,24)27-29(18,19)20;7-5(8)4-2-1-3-6-4/h2-4,6-7,10,16-17H,1H2,(H,21,22)(H,23,24)(H2,11,12,13)(H2,18,19,20);4,6H,1-3H2,(H,7,8)/t4-,6-,7-,10-;4-/m10/s1. The van der Waals surface area contributed by atoms with Gasteiger partial charge in [0.2, 0.25) is 0 Å². The molecular weight excluding hydrogens is 597 g/mol. The number of phosphoric ester groups is 1. The van der Waals surface area contributed by atoms with Crippen LogP contribution in [0.1, 0.15) is 19.1 Å². The summed E-state index contributed by atoms with van der Waals surface area (Å²) in [5, 5.41) is 31.6. The number of carboxylic acid groups (broad SMARTS) is 1. The van der Waals surface area contributed by atoms with Crippen LogP contribution in [0.3, 0.4) is 0 Å². The predicted molar refractivity (Wildman–Crippen MR) is 124 cm³/mol. The first-order valence-electron chi connectivity index (χ1n) is 10.7. The number of hydrogen-bond acceptors (Lipinski definition) is 15. The maximum atomic E-state index is 11.8. The van der Waals surface area contributed by atoms with E-state index in [1.165, 1.54) is 10.9 Å². The fourth-order valence-corrected chi connectivity index (χ4v) is 6.55. The van der Waals surface area contributed by atoms with Gasteiger partial charge in [0.1, 0.15) is 36.2 Å². The highest BCUT2D eigenvalue weighted by Crippen LogP contribution is 2.66. The number of nitrogens with zero attached hydrogens (tertiary/aromatic N) is 4. The molecule has 0 bridgehead atoms. The van der Waals surface area contributed by atoms with E-state index < -0.39 is 60.6 Å². The average molecular weight is 622 g/mol. The van der Waals surface area contributed by atoms with E-state index in [0.29, 0.717) is 0 Å². The smallest absolute Gasteiger partial charge is 0.480 e. The molecular formula is C15H25N6O15P3. The van der Waals surface area contributed by atoms with Gasteiger partial charge in [-0.3, -0.25) is 13.9 Å². The number of aliphatic hydroxyl groups excluding tert-OH is 2. The molecule has 2 fully saturated rings. The summed E-state index contributed by atoms with van der Waals surface area (Å²) in [7, 11) is -16.7. The Morgan fingerprint density at radius 2 is 1.79 bits per heavy atom. The molecule has 4 heterocycles. The van der Waals surface area contributed by atoms with E-state index >= 15 is 0 Å². The number of nitrogens with two attached hydrogens (primary N) is 1. The van der Waals surface area contributed by atoms with Crippen LogP contribution in [0.15, 0.2) is 12.7 Å². The molecule has 7 atom stereocenters. The van der Waals surface area contributed by atoms with E-state index in [-0.39, 0.29) is 23.0 Å². The van der Waals surface area contributed by atoms with Crippen LogP contribution in [0, 0.1) is 0 Å². The summed E-state index contributed by atoms with van der Waals surface area (Å²) in [5.74, 6) is -0.677. The molecule has 220 valence electrons. The van der Waals surface area contributed by atoms with Crippen LogP contribution < -0.4 is 11.1 Å². The van der Waals surface area contributed by atoms with Gasteiger partial charge in [-0.15, -0.1) is 0 Å². The quantitative estimate of drug-likeness (QED) is 0.139. The van der Waals surface area contributed by atoms with Gasteiger partial charge in [-0.25, -0.2) is 28.6 Å². The Morgan fingerprint density at radius 3 is 2.36 bits per heavy atom. The van der Waals surface area contributed by atoms with E-state index in [2.05, 4.69) is 33.4 Å². The van der Waals surface area contributed by atoms with Crippen molar-refractivity contribution >= 4 is 46.4 Å². The molecule has 21 nitrogen and oxygen atoms in total. The van der Waals surface area contributed by atoms with Crippen LogP contribution in [0.4, 0.5) is 5.82 Å². The van der Waals surface area contributed by atoms with Crippen molar-refractivity contribution < 1.29 is 71.3 Å². The second kappa shape index (κ2) is 12.3. The Hall–Kier alpha value is -1.93. The Morgan fingerprint density at radius 1 is 1.10 bits per heavy atom. The lowest BCUT2D eigenvalue weighted by atomic mass is 10.1. The number of carbonyl (C=O) groups is 1. The molecule has 2 saturated heterocycles. The second-order valence-corrected chi connectivity index (χ2v) is 12.4. The molecule has 39 heavy (non-hydrogen) atoms. The van der Waals surface area contributed by atoms with Crippen LogP contribution in [-0.4, -0.2) is 97.9 Å². The molecule has 0 aliphatic carbocycles. The summed E-state index contributed by atoms with van der Waals surface area (Å²) < 4.78 is 51.9. The van der Waals surface area contributed by atoms with Gasteiger partial charge in [-0.05, 0) is 19.4 Å². The fourth-order valence-electron chi connectivity index (χ4n) is 3.52. The summed E-state index contributed by atoms with van der Waals surface area (Å²) >= 11 is 0. The first-order chi connectivity index (χ1) is 18.0. The normalized spacial score (nSPS) is 28.4. The van der Waals surface area contributed by atoms with Gasteiger partial charge in [-0.2, -0.15) is 8.62 Å². The fraction of sp³-hybridized carbons (Fsp3) is 0.600. The zero-order valence-corrected chi connectivity index (χ0v) is 22.2. The number of rotatable bonds is 9. The highest BCUT2D eigenvalue weighted by atomic mass is 31.3. The van der Waals surface area contributed by atoms with Gasteiger partial charge in [0.25, 0.3) is 0 Å². The van der Waals surface area contributed by atoms with Crippen molar-refractivity contribution in [2.24, 2.45) is 0 Å². The third kappa shape index (κ3) is 8.53. The molecule has 2 aliphatic rings. The zero-order chi connectivity index (χ0) is 29.2. The van der Waals surface area contributed by atoms with Gasteiger partial charge in [0.05, 0.1) is 12.9 Å². The SMILES string of the molecule is Nc1ncnc2c1ncn2[C@@H]1O[C@H](COP(=O)(O)OP(=O)(O)OP(=O)(O)O)[C@@H](O)[C@H]1O.O=C(O)[C@@H]1CCCN1. The first kappa shape index (κ1) is 31.6. The van der Waals surface area contributed by atoms with Crippen LogP contribution in [-0.2, 0) is 36.4 Å². The van der Waals surface area contributed by atoms with Crippen molar-refractivity contribution in [3.63, 3.8) is 0 Å². The lowest BCUT2D eigenvalue weighted by Gasteiger charge is -2.19. The van der Waals surface area contributed by atoms with Gasteiger partial charge >= 0.3 is 29.4 Å². The number of imidazole rings is 1. The van der Waals surface area contributed by atoms with Crippen molar-refractivity contribution in [2.45, 2.75) is 43.4 Å². The summed E-state index contributed by atoms with van der Waals surface area (Å²) in [6.07, 6.45) is -1.91. The highest BCUT2D eigenvalue weighted by Gasteiger charge is 2.47. The second-order valence-electron chi connectivity index (χ2n) is 8.00. The number of nitrogen functional groups attached to an aromatic ring is 1. The molecule has 2 aliphatic heterocycles. The molecule has 0 saturated carbocycles.